The number of benzene rings is 1. The molecule has 1 unspecified atom stereocenters. The molecule has 3 N–H and O–H groups in total. The van der Waals surface area contributed by atoms with Crippen LogP contribution < -0.4 is 11.1 Å². The molecule has 1 atom stereocenters. The molecule has 0 bridgehead atoms. The van der Waals surface area contributed by atoms with Gasteiger partial charge in [-0.25, -0.2) is 0 Å². The highest BCUT2D eigenvalue weighted by Gasteiger charge is 2.26. The highest BCUT2D eigenvalue weighted by atomic mass is 16.2. The van der Waals surface area contributed by atoms with E-state index in [1.807, 2.05) is 31.2 Å². The van der Waals surface area contributed by atoms with E-state index in [4.69, 9.17) is 5.73 Å². The fourth-order valence-electron chi connectivity index (χ4n) is 1.57. The van der Waals surface area contributed by atoms with Crippen LogP contribution in [-0.4, -0.2) is 29.3 Å². The number of para-hydroxylation sites is 1. The first-order chi connectivity index (χ1) is 9.27. The standard InChI is InChI=1S/C15H23N3O2/c1-5-15(3,16)14(20)17-13-9-7-6-8-12(13)10-18(4)11(2)19/h6-9H,5,10,16H2,1-4H3,(H,17,20). The van der Waals surface area contributed by atoms with E-state index in [0.29, 0.717) is 18.7 Å². The van der Waals surface area contributed by atoms with Gasteiger partial charge in [0.25, 0.3) is 0 Å². The SMILES string of the molecule is CCC(C)(N)C(=O)Nc1ccccc1CN(C)C(C)=O. The van der Waals surface area contributed by atoms with Crippen LogP contribution in [-0.2, 0) is 16.1 Å². The zero-order valence-electron chi connectivity index (χ0n) is 12.6. The molecule has 1 aromatic rings. The monoisotopic (exact) mass is 277 g/mol. The summed E-state index contributed by atoms with van der Waals surface area (Å²) in [6, 6.07) is 7.41. The smallest absolute Gasteiger partial charge is 0.244 e. The van der Waals surface area contributed by atoms with Gasteiger partial charge in [-0.3, -0.25) is 9.59 Å². The third kappa shape index (κ3) is 4.06. The summed E-state index contributed by atoms with van der Waals surface area (Å²) in [5.41, 5.74) is 6.60. The Hall–Kier alpha value is -1.88. The van der Waals surface area contributed by atoms with Crippen LogP contribution in [0.3, 0.4) is 0 Å². The molecule has 0 spiro atoms. The summed E-state index contributed by atoms with van der Waals surface area (Å²) < 4.78 is 0. The molecular formula is C15H23N3O2. The van der Waals surface area contributed by atoms with E-state index in [0.717, 1.165) is 5.56 Å². The molecule has 110 valence electrons. The van der Waals surface area contributed by atoms with Crippen molar-refractivity contribution in [2.45, 2.75) is 39.3 Å². The Labute approximate surface area is 120 Å². The van der Waals surface area contributed by atoms with Gasteiger partial charge in [-0.15, -0.1) is 0 Å². The second kappa shape index (κ2) is 6.52. The Morgan fingerprint density at radius 3 is 2.50 bits per heavy atom. The molecule has 0 saturated heterocycles. The average molecular weight is 277 g/mol. The van der Waals surface area contributed by atoms with Crippen LogP contribution in [0, 0.1) is 0 Å². The Morgan fingerprint density at radius 1 is 1.35 bits per heavy atom. The normalized spacial score (nSPS) is 13.4. The highest BCUT2D eigenvalue weighted by molar-refractivity contribution is 5.98. The predicted octanol–water partition coefficient (Wildman–Crippen LogP) is 1.73. The highest BCUT2D eigenvalue weighted by Crippen LogP contribution is 2.19. The minimum atomic E-state index is -0.903. The molecule has 0 fully saturated rings. The van der Waals surface area contributed by atoms with Gasteiger partial charge in [0.15, 0.2) is 0 Å². The van der Waals surface area contributed by atoms with E-state index in [-0.39, 0.29) is 11.8 Å². The molecule has 2 amide bonds. The first-order valence-corrected chi connectivity index (χ1v) is 6.68. The number of nitrogens with one attached hydrogen (secondary N) is 1. The Kier molecular flexibility index (Phi) is 5.27. The van der Waals surface area contributed by atoms with E-state index in [2.05, 4.69) is 5.32 Å². The summed E-state index contributed by atoms with van der Waals surface area (Å²) in [6.07, 6.45) is 0.550. The van der Waals surface area contributed by atoms with Crippen LogP contribution in [0.25, 0.3) is 0 Å². The summed E-state index contributed by atoms with van der Waals surface area (Å²) in [5.74, 6) is -0.249. The van der Waals surface area contributed by atoms with E-state index < -0.39 is 5.54 Å². The van der Waals surface area contributed by atoms with Gasteiger partial charge >= 0.3 is 0 Å². The van der Waals surface area contributed by atoms with Crippen molar-refractivity contribution in [1.29, 1.82) is 0 Å². The number of hydrogen-bond acceptors (Lipinski definition) is 3. The lowest BCUT2D eigenvalue weighted by Gasteiger charge is -2.23. The Balaban J connectivity index is 2.91. The lowest BCUT2D eigenvalue weighted by molar-refractivity contribution is -0.128. The largest absolute Gasteiger partial charge is 0.342 e. The van der Waals surface area contributed by atoms with Crippen molar-refractivity contribution in [3.63, 3.8) is 0 Å². The van der Waals surface area contributed by atoms with Crippen molar-refractivity contribution in [2.75, 3.05) is 12.4 Å². The fourth-order valence-corrected chi connectivity index (χ4v) is 1.57. The number of anilines is 1. The molecule has 0 aliphatic rings. The zero-order valence-corrected chi connectivity index (χ0v) is 12.6. The van der Waals surface area contributed by atoms with Gasteiger partial charge in [0.1, 0.15) is 0 Å². The van der Waals surface area contributed by atoms with Crippen LogP contribution >= 0.6 is 0 Å². The Bertz CT molecular complexity index is 498. The quantitative estimate of drug-likeness (QED) is 0.860. The van der Waals surface area contributed by atoms with Gasteiger partial charge < -0.3 is 16.0 Å². The molecule has 0 heterocycles. The minimum absolute atomic E-state index is 0.0247. The number of carbonyl (C=O) groups excluding carboxylic acids is 2. The molecule has 1 aromatic carbocycles. The fraction of sp³-hybridized carbons (Fsp3) is 0.467. The molecule has 0 saturated carbocycles. The Morgan fingerprint density at radius 2 is 1.95 bits per heavy atom. The zero-order chi connectivity index (χ0) is 15.3. The number of nitrogens with two attached hydrogens (primary N) is 1. The van der Waals surface area contributed by atoms with E-state index in [1.54, 1.807) is 18.9 Å². The number of rotatable bonds is 5. The second-order valence-corrected chi connectivity index (χ2v) is 5.26. The van der Waals surface area contributed by atoms with Crippen LogP contribution in [0.15, 0.2) is 24.3 Å². The maximum Gasteiger partial charge on any atom is 0.244 e. The van der Waals surface area contributed by atoms with Crippen molar-refractivity contribution in [3.8, 4) is 0 Å². The summed E-state index contributed by atoms with van der Waals surface area (Å²) >= 11 is 0. The van der Waals surface area contributed by atoms with Gasteiger partial charge in [0.2, 0.25) is 11.8 Å². The summed E-state index contributed by atoms with van der Waals surface area (Å²) in [5, 5.41) is 2.84. The predicted molar refractivity (Wildman–Crippen MR) is 80.1 cm³/mol. The number of amides is 2. The van der Waals surface area contributed by atoms with E-state index in [9.17, 15) is 9.59 Å². The van der Waals surface area contributed by atoms with Crippen molar-refractivity contribution >= 4 is 17.5 Å². The van der Waals surface area contributed by atoms with Crippen LogP contribution in [0.1, 0.15) is 32.8 Å². The first-order valence-electron chi connectivity index (χ1n) is 6.68. The molecule has 1 rings (SSSR count). The topological polar surface area (TPSA) is 75.4 Å². The van der Waals surface area contributed by atoms with Gasteiger partial charge in [-0.2, -0.15) is 0 Å². The summed E-state index contributed by atoms with van der Waals surface area (Å²) in [4.78, 5) is 25.0. The molecule has 0 radical (unpaired) electrons. The van der Waals surface area contributed by atoms with Crippen molar-refractivity contribution in [2.24, 2.45) is 5.73 Å². The number of nitrogens with zero attached hydrogens (tertiary/aromatic N) is 1. The summed E-state index contributed by atoms with van der Waals surface area (Å²) in [6.45, 7) is 5.52. The molecule has 5 nitrogen and oxygen atoms in total. The van der Waals surface area contributed by atoms with E-state index >= 15 is 0 Å². The number of hydrogen-bond donors (Lipinski definition) is 2. The van der Waals surface area contributed by atoms with Crippen LogP contribution in [0.5, 0.6) is 0 Å². The van der Waals surface area contributed by atoms with Gasteiger partial charge in [0, 0.05) is 26.2 Å². The molecule has 20 heavy (non-hydrogen) atoms. The summed E-state index contributed by atoms with van der Waals surface area (Å²) in [7, 11) is 1.72. The lowest BCUT2D eigenvalue weighted by Crippen LogP contribution is -2.48. The third-order valence-electron chi connectivity index (χ3n) is 3.46. The van der Waals surface area contributed by atoms with Gasteiger partial charge in [0.05, 0.1) is 5.54 Å². The third-order valence-corrected chi connectivity index (χ3v) is 3.46. The van der Waals surface area contributed by atoms with Crippen LogP contribution in [0.2, 0.25) is 0 Å². The molecule has 0 aliphatic heterocycles. The van der Waals surface area contributed by atoms with Gasteiger partial charge in [-0.1, -0.05) is 25.1 Å². The molecule has 5 heteroatoms. The average Bonchev–Trinajstić information content (AvgIpc) is 2.40. The van der Waals surface area contributed by atoms with Crippen molar-refractivity contribution in [1.82, 2.24) is 4.90 Å². The van der Waals surface area contributed by atoms with Crippen molar-refractivity contribution in [3.05, 3.63) is 29.8 Å². The van der Waals surface area contributed by atoms with Crippen molar-refractivity contribution < 1.29 is 9.59 Å². The maximum atomic E-state index is 12.1. The van der Waals surface area contributed by atoms with E-state index in [1.165, 1.54) is 6.92 Å². The molecular weight excluding hydrogens is 254 g/mol. The lowest BCUT2D eigenvalue weighted by atomic mass is 9.99. The van der Waals surface area contributed by atoms with Crippen LogP contribution in [0.4, 0.5) is 5.69 Å². The number of carbonyl (C=O) groups is 2. The minimum Gasteiger partial charge on any atom is -0.342 e. The molecule has 0 aromatic heterocycles. The molecule has 0 aliphatic carbocycles. The maximum absolute atomic E-state index is 12.1. The first kappa shape index (κ1) is 16.2. The second-order valence-electron chi connectivity index (χ2n) is 5.26. The van der Waals surface area contributed by atoms with Gasteiger partial charge in [-0.05, 0) is 25.0 Å².